The van der Waals surface area contributed by atoms with E-state index in [1.54, 1.807) is 0 Å². The van der Waals surface area contributed by atoms with E-state index in [4.69, 9.17) is 14.6 Å². The second-order valence-electron chi connectivity index (χ2n) is 4.29. The Hall–Kier alpha value is -1.89. The number of nitrogens with one attached hydrogen (secondary N) is 1. The molecule has 1 atom stereocenters. The van der Waals surface area contributed by atoms with Crippen molar-refractivity contribution in [3.05, 3.63) is 23.8 Å². The summed E-state index contributed by atoms with van der Waals surface area (Å²) in [6.45, 7) is 1.54. The summed E-state index contributed by atoms with van der Waals surface area (Å²) in [5.74, 6) is 1.00. The van der Waals surface area contributed by atoms with Gasteiger partial charge in [-0.05, 0) is 17.7 Å². The van der Waals surface area contributed by atoms with E-state index in [0.717, 1.165) is 11.3 Å². The smallest absolute Gasteiger partial charge is 0.327 e. The van der Waals surface area contributed by atoms with Crippen molar-refractivity contribution in [1.82, 2.24) is 5.32 Å². The molecule has 1 amide bonds. The zero-order chi connectivity index (χ0) is 14.5. The third kappa shape index (κ3) is 3.80. The highest BCUT2D eigenvalue weighted by molar-refractivity contribution is 7.98. The van der Waals surface area contributed by atoms with Gasteiger partial charge < -0.3 is 19.9 Å². The number of carbonyl (C=O) groups excluding carboxylic acids is 1. The van der Waals surface area contributed by atoms with E-state index in [9.17, 15) is 9.59 Å². The molecular formula is C13H15NO5S. The van der Waals surface area contributed by atoms with Crippen LogP contribution in [0.3, 0.4) is 0 Å². The van der Waals surface area contributed by atoms with Gasteiger partial charge in [0, 0.05) is 18.4 Å². The molecule has 1 heterocycles. The maximum absolute atomic E-state index is 11.0. The maximum atomic E-state index is 11.0. The Kier molecular flexibility index (Phi) is 4.73. The molecule has 1 aliphatic rings. The van der Waals surface area contributed by atoms with E-state index in [1.807, 2.05) is 18.2 Å². The number of rotatable bonds is 6. The first kappa shape index (κ1) is 14.5. The van der Waals surface area contributed by atoms with E-state index in [1.165, 1.54) is 18.7 Å². The number of thioether (sulfide) groups is 1. The highest BCUT2D eigenvalue weighted by Gasteiger charge is 2.18. The van der Waals surface area contributed by atoms with E-state index in [0.29, 0.717) is 17.3 Å². The maximum Gasteiger partial charge on any atom is 0.327 e. The van der Waals surface area contributed by atoms with Crippen LogP contribution in [0.4, 0.5) is 0 Å². The minimum absolute atomic E-state index is 0.232. The fourth-order valence-electron chi connectivity index (χ4n) is 1.75. The molecule has 108 valence electrons. The van der Waals surface area contributed by atoms with Crippen molar-refractivity contribution in [2.75, 3.05) is 12.5 Å². The normalized spacial score (nSPS) is 13.8. The zero-order valence-electron chi connectivity index (χ0n) is 10.9. The predicted molar refractivity (Wildman–Crippen MR) is 74.0 cm³/mol. The number of benzene rings is 1. The Balaban J connectivity index is 1.85. The van der Waals surface area contributed by atoms with Gasteiger partial charge in [-0.15, -0.1) is 0 Å². The van der Waals surface area contributed by atoms with Crippen LogP contribution < -0.4 is 14.8 Å². The Labute approximate surface area is 120 Å². The highest BCUT2D eigenvalue weighted by atomic mass is 32.2. The number of hydrogen-bond donors (Lipinski definition) is 2. The van der Waals surface area contributed by atoms with Gasteiger partial charge in [-0.2, -0.15) is 11.8 Å². The van der Waals surface area contributed by atoms with Crippen molar-refractivity contribution >= 4 is 23.6 Å². The average molecular weight is 297 g/mol. The number of carbonyl (C=O) groups is 2. The van der Waals surface area contributed by atoms with Crippen molar-refractivity contribution in [2.24, 2.45) is 0 Å². The third-order valence-electron chi connectivity index (χ3n) is 2.67. The van der Waals surface area contributed by atoms with Crippen LogP contribution in [0.5, 0.6) is 11.5 Å². The number of aliphatic carboxylic acids is 1. The van der Waals surface area contributed by atoms with Crippen LogP contribution in [0, 0.1) is 0 Å². The van der Waals surface area contributed by atoms with Crippen LogP contribution >= 0.6 is 11.8 Å². The molecule has 20 heavy (non-hydrogen) atoms. The summed E-state index contributed by atoms with van der Waals surface area (Å²) in [5.41, 5.74) is 1.02. The molecule has 0 fully saturated rings. The van der Waals surface area contributed by atoms with Crippen molar-refractivity contribution in [2.45, 2.75) is 18.7 Å². The number of carboxylic acids is 1. The van der Waals surface area contributed by atoms with Crippen LogP contribution in [0.25, 0.3) is 0 Å². The first-order chi connectivity index (χ1) is 9.56. The molecule has 0 saturated heterocycles. The largest absolute Gasteiger partial charge is 0.480 e. The lowest BCUT2D eigenvalue weighted by atomic mass is 10.2. The molecule has 1 aliphatic heterocycles. The van der Waals surface area contributed by atoms with Gasteiger partial charge in [-0.25, -0.2) is 4.79 Å². The molecule has 2 rings (SSSR count). The Bertz CT molecular complexity index is 519. The van der Waals surface area contributed by atoms with E-state index >= 15 is 0 Å². The Morgan fingerprint density at radius 2 is 2.15 bits per heavy atom. The highest BCUT2D eigenvalue weighted by Crippen LogP contribution is 2.33. The number of amides is 1. The fraction of sp³-hybridized carbons (Fsp3) is 0.385. The monoisotopic (exact) mass is 297 g/mol. The average Bonchev–Trinajstić information content (AvgIpc) is 2.84. The standard InChI is InChI=1S/C13H15NO5S/c1-8(15)14-10(13(16)17)6-20-5-9-2-3-11-12(4-9)19-7-18-11/h2-4,10H,5-7H2,1H3,(H,14,15)(H,16,17). The van der Waals surface area contributed by atoms with Gasteiger partial charge in [0.1, 0.15) is 6.04 Å². The molecule has 0 saturated carbocycles. The van der Waals surface area contributed by atoms with E-state index < -0.39 is 12.0 Å². The molecule has 0 radical (unpaired) electrons. The van der Waals surface area contributed by atoms with Crippen LogP contribution in [-0.2, 0) is 15.3 Å². The van der Waals surface area contributed by atoms with Gasteiger partial charge >= 0.3 is 5.97 Å². The van der Waals surface area contributed by atoms with Crippen molar-refractivity contribution in [3.8, 4) is 11.5 Å². The van der Waals surface area contributed by atoms with Crippen molar-refractivity contribution in [3.63, 3.8) is 0 Å². The molecule has 0 spiro atoms. The molecule has 7 heteroatoms. The minimum atomic E-state index is -1.03. The summed E-state index contributed by atoms with van der Waals surface area (Å²) in [5, 5.41) is 11.4. The molecule has 0 bridgehead atoms. The number of ether oxygens (including phenoxy) is 2. The third-order valence-corrected chi connectivity index (χ3v) is 3.77. The topological polar surface area (TPSA) is 84.9 Å². The van der Waals surface area contributed by atoms with Gasteiger partial charge in [-0.1, -0.05) is 6.07 Å². The lowest BCUT2D eigenvalue weighted by molar-refractivity contribution is -0.140. The quantitative estimate of drug-likeness (QED) is 0.821. The molecule has 0 aromatic heterocycles. The summed E-state index contributed by atoms with van der Waals surface area (Å²) in [4.78, 5) is 21.9. The molecule has 1 aromatic rings. The van der Waals surface area contributed by atoms with E-state index in [2.05, 4.69) is 5.32 Å². The fourth-order valence-corrected chi connectivity index (χ4v) is 2.74. The van der Waals surface area contributed by atoms with Crippen molar-refractivity contribution < 1.29 is 24.2 Å². The van der Waals surface area contributed by atoms with Gasteiger partial charge in [0.05, 0.1) is 0 Å². The van der Waals surface area contributed by atoms with E-state index in [-0.39, 0.29) is 12.7 Å². The van der Waals surface area contributed by atoms with Crippen molar-refractivity contribution in [1.29, 1.82) is 0 Å². The lowest BCUT2D eigenvalue weighted by Crippen LogP contribution is -2.41. The SMILES string of the molecule is CC(=O)NC(CSCc1ccc2c(c1)OCO2)C(=O)O. The summed E-state index contributed by atoms with van der Waals surface area (Å²) in [6.07, 6.45) is 0. The Morgan fingerprint density at radius 3 is 2.85 bits per heavy atom. The number of carboxylic acid groups (broad SMARTS) is 1. The molecular weight excluding hydrogens is 282 g/mol. The van der Waals surface area contributed by atoms with Crippen LogP contribution in [0.15, 0.2) is 18.2 Å². The molecule has 6 nitrogen and oxygen atoms in total. The van der Waals surface area contributed by atoms with Gasteiger partial charge in [0.25, 0.3) is 0 Å². The second kappa shape index (κ2) is 6.51. The second-order valence-corrected chi connectivity index (χ2v) is 5.32. The molecule has 1 aromatic carbocycles. The van der Waals surface area contributed by atoms with Crippen LogP contribution in [0.1, 0.15) is 12.5 Å². The summed E-state index contributed by atoms with van der Waals surface area (Å²) >= 11 is 1.44. The number of fused-ring (bicyclic) bond motifs is 1. The Morgan fingerprint density at radius 1 is 1.40 bits per heavy atom. The number of hydrogen-bond acceptors (Lipinski definition) is 5. The van der Waals surface area contributed by atoms with Crippen LogP contribution in [0.2, 0.25) is 0 Å². The molecule has 0 aliphatic carbocycles. The minimum Gasteiger partial charge on any atom is -0.480 e. The zero-order valence-corrected chi connectivity index (χ0v) is 11.7. The lowest BCUT2D eigenvalue weighted by Gasteiger charge is -2.12. The summed E-state index contributed by atoms with van der Waals surface area (Å²) in [6, 6.07) is 4.75. The molecule has 2 N–H and O–H groups in total. The van der Waals surface area contributed by atoms with Gasteiger partial charge in [0.2, 0.25) is 12.7 Å². The molecule has 1 unspecified atom stereocenters. The predicted octanol–water partition coefficient (Wildman–Crippen LogP) is 1.24. The first-order valence-electron chi connectivity index (χ1n) is 6.02. The van der Waals surface area contributed by atoms with Gasteiger partial charge in [0.15, 0.2) is 11.5 Å². The summed E-state index contributed by atoms with van der Waals surface area (Å²) < 4.78 is 10.5. The first-order valence-corrected chi connectivity index (χ1v) is 7.18. The summed E-state index contributed by atoms with van der Waals surface area (Å²) in [7, 11) is 0. The van der Waals surface area contributed by atoms with Crippen LogP contribution in [-0.4, -0.2) is 35.6 Å². The van der Waals surface area contributed by atoms with Gasteiger partial charge in [-0.3, -0.25) is 4.79 Å².